The second kappa shape index (κ2) is 66.4. The number of ether oxygens (including phenoxy) is 3. The van der Waals surface area contributed by atoms with E-state index in [1.807, 2.05) is 0 Å². The zero-order valence-electron chi connectivity index (χ0n) is 51.9. The van der Waals surface area contributed by atoms with Crippen molar-refractivity contribution >= 4 is 17.9 Å². The van der Waals surface area contributed by atoms with E-state index in [1.165, 1.54) is 225 Å². The Hall–Kier alpha value is -3.15. The van der Waals surface area contributed by atoms with Crippen LogP contribution in [0.25, 0.3) is 0 Å². The van der Waals surface area contributed by atoms with Crippen molar-refractivity contribution in [3.05, 3.63) is 72.9 Å². The Morgan fingerprint density at radius 3 is 0.744 bits per heavy atom. The fourth-order valence-electron chi connectivity index (χ4n) is 9.77. The minimum atomic E-state index is -0.784. The first kappa shape index (κ1) is 74.8. The van der Waals surface area contributed by atoms with Crippen molar-refractivity contribution in [2.45, 2.75) is 354 Å². The van der Waals surface area contributed by atoms with Crippen molar-refractivity contribution in [3.8, 4) is 0 Å². The molecule has 452 valence electrons. The quantitative estimate of drug-likeness (QED) is 0.0261. The molecule has 6 nitrogen and oxygen atoms in total. The van der Waals surface area contributed by atoms with Crippen molar-refractivity contribution < 1.29 is 28.6 Å². The molecule has 0 spiro atoms. The van der Waals surface area contributed by atoms with Gasteiger partial charge in [-0.3, -0.25) is 14.4 Å². The standard InChI is InChI=1S/C72H128O6/c1-4-7-10-13-16-19-22-25-28-31-34-35-36-37-39-41-44-47-50-53-56-59-62-65-71(74)77-68-69(67-76-70(73)64-61-58-55-52-49-46-43-40-33-30-27-24-21-18-15-12-9-6-3)78-72(75)66-63-60-57-54-51-48-45-42-38-32-29-26-23-20-17-14-11-8-5-2/h17,20-22,24-26,29-31,33-34,69H,4-16,18-19,23,27-28,32,35-68H2,1-3H3/b20-17-,24-21-,25-22-,29-26-,33-30-,34-31-. The molecule has 0 saturated carbocycles. The molecule has 0 fully saturated rings. The van der Waals surface area contributed by atoms with E-state index in [9.17, 15) is 14.4 Å². The lowest BCUT2D eigenvalue weighted by atomic mass is 10.0. The number of hydrogen-bond donors (Lipinski definition) is 0. The van der Waals surface area contributed by atoms with Crippen LogP contribution in [0.15, 0.2) is 72.9 Å². The van der Waals surface area contributed by atoms with Crippen molar-refractivity contribution in [3.63, 3.8) is 0 Å². The van der Waals surface area contributed by atoms with Gasteiger partial charge in [0.25, 0.3) is 0 Å². The van der Waals surface area contributed by atoms with Crippen LogP contribution in [0.3, 0.4) is 0 Å². The maximum atomic E-state index is 12.9. The van der Waals surface area contributed by atoms with E-state index in [1.54, 1.807) is 0 Å². The van der Waals surface area contributed by atoms with Crippen LogP contribution in [0.1, 0.15) is 348 Å². The van der Waals surface area contributed by atoms with Crippen LogP contribution >= 0.6 is 0 Å². The number of rotatable bonds is 62. The summed E-state index contributed by atoms with van der Waals surface area (Å²) in [5.41, 5.74) is 0. The molecule has 0 amide bonds. The molecule has 0 saturated heterocycles. The Labute approximate surface area is 484 Å². The highest BCUT2D eigenvalue weighted by atomic mass is 16.6. The summed E-state index contributed by atoms with van der Waals surface area (Å²) in [6.07, 6.45) is 86.2. The van der Waals surface area contributed by atoms with Crippen LogP contribution in [0.4, 0.5) is 0 Å². The molecule has 0 aromatic rings. The SMILES string of the molecule is CCCCC/C=C\C/C=C\CCCCCCCCCCCC(=O)OC(COC(=O)CCCCCCCCC/C=C\C/C=C\CCCCCC)COC(=O)CCCCCCCCCCCCC/C=C\C/C=C\CCCCCCC. The van der Waals surface area contributed by atoms with E-state index in [-0.39, 0.29) is 31.1 Å². The van der Waals surface area contributed by atoms with Crippen molar-refractivity contribution in [2.24, 2.45) is 0 Å². The molecule has 0 radical (unpaired) electrons. The van der Waals surface area contributed by atoms with E-state index in [4.69, 9.17) is 14.2 Å². The number of allylic oxidation sites excluding steroid dienone is 12. The molecule has 0 aromatic carbocycles. The van der Waals surface area contributed by atoms with Gasteiger partial charge in [0.2, 0.25) is 0 Å². The average Bonchev–Trinajstić information content (AvgIpc) is 3.44. The first-order valence-corrected chi connectivity index (χ1v) is 33.9. The third-order valence-corrected chi connectivity index (χ3v) is 14.9. The summed E-state index contributed by atoms with van der Waals surface area (Å²) in [6, 6.07) is 0. The number of esters is 3. The number of hydrogen-bond acceptors (Lipinski definition) is 6. The van der Waals surface area contributed by atoms with E-state index in [0.29, 0.717) is 19.3 Å². The first-order chi connectivity index (χ1) is 38.5. The fraction of sp³-hybridized carbons (Fsp3) is 0.792. The molecular weight excluding hydrogens is 961 g/mol. The van der Waals surface area contributed by atoms with Gasteiger partial charge in [-0.1, -0.05) is 286 Å². The summed E-state index contributed by atoms with van der Waals surface area (Å²) in [6.45, 7) is 6.62. The molecule has 0 aliphatic carbocycles. The largest absolute Gasteiger partial charge is 0.462 e. The van der Waals surface area contributed by atoms with Gasteiger partial charge < -0.3 is 14.2 Å². The molecule has 0 aliphatic heterocycles. The molecule has 0 N–H and O–H groups in total. The van der Waals surface area contributed by atoms with Crippen molar-refractivity contribution in [1.29, 1.82) is 0 Å². The molecule has 0 aliphatic rings. The molecular formula is C72H128O6. The summed E-state index contributed by atoms with van der Waals surface area (Å²) in [5.74, 6) is -0.875. The lowest BCUT2D eigenvalue weighted by Crippen LogP contribution is -2.30. The number of carbonyl (C=O) groups is 3. The highest BCUT2D eigenvalue weighted by Crippen LogP contribution is 2.17. The maximum Gasteiger partial charge on any atom is 0.306 e. The van der Waals surface area contributed by atoms with Gasteiger partial charge in [0, 0.05) is 19.3 Å². The van der Waals surface area contributed by atoms with Crippen molar-refractivity contribution in [1.82, 2.24) is 0 Å². The summed E-state index contributed by atoms with van der Waals surface area (Å²) in [7, 11) is 0. The minimum Gasteiger partial charge on any atom is -0.462 e. The van der Waals surface area contributed by atoms with Gasteiger partial charge in [-0.25, -0.2) is 0 Å². The predicted molar refractivity (Wildman–Crippen MR) is 339 cm³/mol. The van der Waals surface area contributed by atoms with Gasteiger partial charge in [-0.15, -0.1) is 0 Å². The number of unbranched alkanes of at least 4 members (excludes halogenated alkanes) is 39. The number of carbonyl (C=O) groups excluding carboxylic acids is 3. The van der Waals surface area contributed by atoms with Crippen LogP contribution in [-0.2, 0) is 28.6 Å². The summed E-state index contributed by atoms with van der Waals surface area (Å²) < 4.78 is 17.0. The average molecular weight is 1090 g/mol. The Morgan fingerprint density at radius 1 is 0.256 bits per heavy atom. The third-order valence-electron chi connectivity index (χ3n) is 14.9. The van der Waals surface area contributed by atoms with Crippen LogP contribution in [-0.4, -0.2) is 37.2 Å². The third kappa shape index (κ3) is 63.7. The Bertz CT molecular complexity index is 1440. The monoisotopic (exact) mass is 1090 g/mol. The van der Waals surface area contributed by atoms with Gasteiger partial charge in [0.1, 0.15) is 13.2 Å². The molecule has 0 aromatic heterocycles. The van der Waals surface area contributed by atoms with Crippen LogP contribution in [0.5, 0.6) is 0 Å². The molecule has 0 rings (SSSR count). The summed E-state index contributed by atoms with van der Waals surface area (Å²) in [4.78, 5) is 38.4. The lowest BCUT2D eigenvalue weighted by molar-refractivity contribution is -0.167. The Balaban J connectivity index is 4.36. The first-order valence-electron chi connectivity index (χ1n) is 33.9. The van der Waals surface area contributed by atoms with Gasteiger partial charge in [-0.2, -0.15) is 0 Å². The normalized spacial score (nSPS) is 12.5. The molecule has 1 unspecified atom stereocenters. The van der Waals surface area contributed by atoms with Gasteiger partial charge in [0.15, 0.2) is 6.10 Å². The summed E-state index contributed by atoms with van der Waals surface area (Å²) in [5, 5.41) is 0. The van der Waals surface area contributed by atoms with E-state index < -0.39 is 6.10 Å². The molecule has 0 heterocycles. The summed E-state index contributed by atoms with van der Waals surface area (Å²) >= 11 is 0. The fourth-order valence-corrected chi connectivity index (χ4v) is 9.77. The lowest BCUT2D eigenvalue weighted by Gasteiger charge is -2.18. The highest BCUT2D eigenvalue weighted by Gasteiger charge is 2.19. The smallest absolute Gasteiger partial charge is 0.306 e. The predicted octanol–water partition coefficient (Wildman–Crippen LogP) is 23.3. The van der Waals surface area contributed by atoms with E-state index in [0.717, 1.165) is 83.5 Å². The van der Waals surface area contributed by atoms with Gasteiger partial charge >= 0.3 is 17.9 Å². The molecule has 0 bridgehead atoms. The Kier molecular flexibility index (Phi) is 63.7. The minimum absolute atomic E-state index is 0.0790. The molecule has 78 heavy (non-hydrogen) atoms. The van der Waals surface area contributed by atoms with Crippen LogP contribution in [0.2, 0.25) is 0 Å². The van der Waals surface area contributed by atoms with E-state index in [2.05, 4.69) is 93.7 Å². The van der Waals surface area contributed by atoms with Crippen LogP contribution in [0, 0.1) is 0 Å². The zero-order chi connectivity index (χ0) is 56.4. The second-order valence-electron chi connectivity index (χ2n) is 22.7. The van der Waals surface area contributed by atoms with Crippen LogP contribution < -0.4 is 0 Å². The highest BCUT2D eigenvalue weighted by molar-refractivity contribution is 5.71. The van der Waals surface area contributed by atoms with E-state index >= 15 is 0 Å². The second-order valence-corrected chi connectivity index (χ2v) is 22.7. The topological polar surface area (TPSA) is 78.9 Å². The maximum absolute atomic E-state index is 12.9. The van der Waals surface area contributed by atoms with Gasteiger partial charge in [0.05, 0.1) is 0 Å². The molecule has 1 atom stereocenters. The zero-order valence-corrected chi connectivity index (χ0v) is 51.9. The van der Waals surface area contributed by atoms with Crippen molar-refractivity contribution in [2.75, 3.05) is 13.2 Å². The Morgan fingerprint density at radius 2 is 0.462 bits per heavy atom. The molecule has 6 heteroatoms. The van der Waals surface area contributed by atoms with Gasteiger partial charge in [-0.05, 0) is 116 Å².